The van der Waals surface area contributed by atoms with Gasteiger partial charge in [0.15, 0.2) is 0 Å². The molecular formula is C11H7BrF3NO2. The van der Waals surface area contributed by atoms with Gasteiger partial charge in [-0.3, -0.25) is 9.59 Å². The second kappa shape index (κ2) is 4.38. The highest BCUT2D eigenvalue weighted by atomic mass is 79.9. The number of hydrogen-bond acceptors (Lipinski definition) is 2. The standard InChI is InChI=1S/C11H7BrF3NO2/c12-6-1-2-8(7(5-6)11(13,14)15)16-4-3-9(17)10(16)18/h1-2,5H,3-4H2. The van der Waals surface area contributed by atoms with Crippen molar-refractivity contribution in [3.63, 3.8) is 0 Å². The van der Waals surface area contributed by atoms with Crippen LogP contribution in [0.4, 0.5) is 18.9 Å². The number of benzene rings is 1. The highest BCUT2D eigenvalue weighted by Crippen LogP contribution is 2.39. The number of Topliss-reactive ketones (excluding diaryl/α,β-unsaturated/α-hetero) is 1. The molecule has 3 nitrogen and oxygen atoms in total. The largest absolute Gasteiger partial charge is 0.418 e. The van der Waals surface area contributed by atoms with E-state index in [0.717, 1.165) is 11.0 Å². The third kappa shape index (κ3) is 2.27. The monoisotopic (exact) mass is 321 g/mol. The van der Waals surface area contributed by atoms with Gasteiger partial charge in [-0.25, -0.2) is 0 Å². The molecule has 1 aliphatic rings. The van der Waals surface area contributed by atoms with Crippen LogP contribution in [0.2, 0.25) is 0 Å². The summed E-state index contributed by atoms with van der Waals surface area (Å²) < 4.78 is 38.8. The van der Waals surface area contributed by atoms with Crippen LogP contribution in [0.1, 0.15) is 12.0 Å². The summed E-state index contributed by atoms with van der Waals surface area (Å²) in [5, 5.41) is 0. The summed E-state index contributed by atoms with van der Waals surface area (Å²) in [5.74, 6) is -1.55. The van der Waals surface area contributed by atoms with Crippen LogP contribution in [0.3, 0.4) is 0 Å². The highest BCUT2D eigenvalue weighted by Gasteiger charge is 2.39. The topological polar surface area (TPSA) is 37.4 Å². The normalized spacial score (nSPS) is 16.6. The van der Waals surface area contributed by atoms with Crippen molar-refractivity contribution in [3.05, 3.63) is 28.2 Å². The number of amides is 1. The van der Waals surface area contributed by atoms with E-state index in [1.807, 2.05) is 0 Å². The molecule has 0 spiro atoms. The van der Waals surface area contributed by atoms with Crippen LogP contribution in [0.25, 0.3) is 0 Å². The summed E-state index contributed by atoms with van der Waals surface area (Å²) in [6.45, 7) is -0.0115. The number of anilines is 1. The van der Waals surface area contributed by atoms with E-state index in [-0.39, 0.29) is 23.1 Å². The maximum Gasteiger partial charge on any atom is 0.418 e. The lowest BCUT2D eigenvalue weighted by molar-refractivity contribution is -0.137. The van der Waals surface area contributed by atoms with Crippen molar-refractivity contribution < 1.29 is 22.8 Å². The molecule has 1 fully saturated rings. The Balaban J connectivity index is 2.51. The van der Waals surface area contributed by atoms with Crippen molar-refractivity contribution in [1.82, 2.24) is 0 Å². The Morgan fingerprint density at radius 3 is 2.39 bits per heavy atom. The number of hydrogen-bond donors (Lipinski definition) is 0. The van der Waals surface area contributed by atoms with Crippen molar-refractivity contribution >= 4 is 33.3 Å². The number of nitrogens with zero attached hydrogens (tertiary/aromatic N) is 1. The molecule has 0 N–H and O–H groups in total. The molecule has 18 heavy (non-hydrogen) atoms. The number of alkyl halides is 3. The van der Waals surface area contributed by atoms with Crippen LogP contribution in [0, 0.1) is 0 Å². The minimum Gasteiger partial charge on any atom is -0.305 e. The van der Waals surface area contributed by atoms with E-state index in [2.05, 4.69) is 15.9 Å². The van der Waals surface area contributed by atoms with Gasteiger partial charge in [0.25, 0.3) is 5.91 Å². The molecule has 1 aliphatic heterocycles. The van der Waals surface area contributed by atoms with Crippen LogP contribution in [0.15, 0.2) is 22.7 Å². The molecular weight excluding hydrogens is 315 g/mol. The van der Waals surface area contributed by atoms with Crippen LogP contribution >= 0.6 is 15.9 Å². The Bertz CT molecular complexity index is 528. The summed E-state index contributed by atoms with van der Waals surface area (Å²) in [6.07, 6.45) is -4.63. The third-order valence-electron chi connectivity index (χ3n) is 2.60. The van der Waals surface area contributed by atoms with E-state index < -0.39 is 23.4 Å². The summed E-state index contributed by atoms with van der Waals surface area (Å²) >= 11 is 2.95. The molecule has 0 aromatic heterocycles. The summed E-state index contributed by atoms with van der Waals surface area (Å²) in [4.78, 5) is 23.4. The lowest BCUT2D eigenvalue weighted by atomic mass is 10.1. The Morgan fingerprint density at radius 2 is 1.89 bits per heavy atom. The summed E-state index contributed by atoms with van der Waals surface area (Å²) in [7, 11) is 0. The van der Waals surface area contributed by atoms with E-state index in [1.165, 1.54) is 12.1 Å². The first-order valence-electron chi connectivity index (χ1n) is 5.02. The zero-order valence-electron chi connectivity index (χ0n) is 8.92. The van der Waals surface area contributed by atoms with Gasteiger partial charge < -0.3 is 4.90 Å². The van der Waals surface area contributed by atoms with E-state index in [1.54, 1.807) is 0 Å². The van der Waals surface area contributed by atoms with Gasteiger partial charge in [0.05, 0.1) is 11.3 Å². The van der Waals surface area contributed by atoms with Crippen molar-refractivity contribution in [1.29, 1.82) is 0 Å². The quantitative estimate of drug-likeness (QED) is 0.746. The van der Waals surface area contributed by atoms with Crippen molar-refractivity contribution in [2.45, 2.75) is 12.6 Å². The fourth-order valence-electron chi connectivity index (χ4n) is 1.77. The lowest BCUT2D eigenvalue weighted by Gasteiger charge is -2.20. The number of carbonyl (C=O) groups is 2. The Hall–Kier alpha value is -1.37. The summed E-state index contributed by atoms with van der Waals surface area (Å²) in [5.41, 5.74) is -1.21. The zero-order chi connectivity index (χ0) is 13.5. The Labute approximate surface area is 109 Å². The zero-order valence-corrected chi connectivity index (χ0v) is 10.5. The molecule has 1 heterocycles. The average Bonchev–Trinajstić information content (AvgIpc) is 2.59. The molecule has 0 atom stereocenters. The molecule has 1 amide bonds. The minimum absolute atomic E-state index is 0.0115. The second-order valence-corrected chi connectivity index (χ2v) is 4.70. The number of rotatable bonds is 1. The molecule has 1 saturated heterocycles. The molecule has 0 bridgehead atoms. The third-order valence-corrected chi connectivity index (χ3v) is 3.09. The first-order valence-corrected chi connectivity index (χ1v) is 5.81. The summed E-state index contributed by atoms with van der Waals surface area (Å²) in [6, 6.07) is 3.48. The highest BCUT2D eigenvalue weighted by molar-refractivity contribution is 9.10. The van der Waals surface area contributed by atoms with Gasteiger partial charge in [-0.1, -0.05) is 15.9 Å². The van der Waals surface area contributed by atoms with Crippen LogP contribution in [0.5, 0.6) is 0 Å². The van der Waals surface area contributed by atoms with E-state index in [4.69, 9.17) is 0 Å². The molecule has 0 saturated carbocycles. The molecule has 1 aromatic rings. The van der Waals surface area contributed by atoms with Gasteiger partial charge in [-0.2, -0.15) is 13.2 Å². The van der Waals surface area contributed by atoms with Gasteiger partial charge >= 0.3 is 6.18 Å². The predicted octanol–water partition coefficient (Wildman–Crippen LogP) is 2.77. The second-order valence-electron chi connectivity index (χ2n) is 3.79. The molecule has 0 aliphatic carbocycles. The van der Waals surface area contributed by atoms with Crippen molar-refractivity contribution in [2.24, 2.45) is 0 Å². The maximum atomic E-state index is 12.9. The fraction of sp³-hybridized carbons (Fsp3) is 0.273. The smallest absolute Gasteiger partial charge is 0.305 e. The Morgan fingerprint density at radius 1 is 1.22 bits per heavy atom. The van der Waals surface area contributed by atoms with Gasteiger partial charge in [0.2, 0.25) is 5.78 Å². The predicted molar refractivity (Wildman–Crippen MR) is 61.1 cm³/mol. The van der Waals surface area contributed by atoms with Gasteiger partial charge in [0.1, 0.15) is 0 Å². The van der Waals surface area contributed by atoms with E-state index >= 15 is 0 Å². The molecule has 0 unspecified atom stereocenters. The Kier molecular flexibility index (Phi) is 3.18. The number of ketones is 1. The number of halogens is 4. The van der Waals surface area contributed by atoms with Crippen LogP contribution in [-0.4, -0.2) is 18.2 Å². The van der Waals surface area contributed by atoms with Crippen molar-refractivity contribution in [3.8, 4) is 0 Å². The van der Waals surface area contributed by atoms with Crippen molar-refractivity contribution in [2.75, 3.05) is 11.4 Å². The first kappa shape index (κ1) is 13.1. The average molecular weight is 322 g/mol. The van der Waals surface area contributed by atoms with Gasteiger partial charge in [-0.05, 0) is 18.2 Å². The fourth-order valence-corrected chi connectivity index (χ4v) is 2.13. The number of carbonyl (C=O) groups excluding carboxylic acids is 2. The van der Waals surface area contributed by atoms with E-state index in [9.17, 15) is 22.8 Å². The van der Waals surface area contributed by atoms with Crippen LogP contribution in [-0.2, 0) is 15.8 Å². The minimum atomic E-state index is -4.58. The molecule has 0 radical (unpaired) electrons. The lowest BCUT2D eigenvalue weighted by Crippen LogP contribution is -2.29. The van der Waals surface area contributed by atoms with Crippen LogP contribution < -0.4 is 4.90 Å². The molecule has 2 rings (SSSR count). The van der Waals surface area contributed by atoms with Gasteiger partial charge in [-0.15, -0.1) is 0 Å². The molecule has 96 valence electrons. The SMILES string of the molecule is O=C1CCN(c2ccc(Br)cc2C(F)(F)F)C1=O. The first-order chi connectivity index (χ1) is 8.30. The van der Waals surface area contributed by atoms with E-state index in [0.29, 0.717) is 0 Å². The molecule has 1 aromatic carbocycles. The molecule has 7 heteroatoms. The van der Waals surface area contributed by atoms with Gasteiger partial charge in [0, 0.05) is 17.4 Å². The maximum absolute atomic E-state index is 12.9.